The Bertz CT molecular complexity index is 676. The quantitative estimate of drug-likeness (QED) is 0.874. The molecule has 0 bridgehead atoms. The number of hydrogen-bond donors (Lipinski definition) is 1. The topological polar surface area (TPSA) is 57.2 Å². The molecule has 0 fully saturated rings. The van der Waals surface area contributed by atoms with Crippen LogP contribution < -0.4 is 0 Å². The van der Waals surface area contributed by atoms with E-state index < -0.39 is 0 Å². The molecule has 1 aliphatic rings. The summed E-state index contributed by atoms with van der Waals surface area (Å²) in [5, 5.41) is 0. The van der Waals surface area contributed by atoms with Crippen molar-refractivity contribution in [3.05, 3.63) is 42.2 Å². The number of carbonyl (C=O) groups excluding carboxylic acids is 1. The first-order valence-electron chi connectivity index (χ1n) is 9.13. The lowest BCUT2D eigenvalue weighted by Crippen LogP contribution is -2.40. The smallest absolute Gasteiger partial charge is 0.223 e. The van der Waals surface area contributed by atoms with Gasteiger partial charge in [-0.25, -0.2) is 4.98 Å². The van der Waals surface area contributed by atoms with E-state index in [1.165, 1.54) is 0 Å². The van der Waals surface area contributed by atoms with Gasteiger partial charge in [0.2, 0.25) is 5.91 Å². The van der Waals surface area contributed by atoms with Crippen LogP contribution in [0.1, 0.15) is 31.8 Å². The molecule has 6 nitrogen and oxygen atoms in total. The predicted octanol–water partition coefficient (Wildman–Crippen LogP) is 2.14. The van der Waals surface area contributed by atoms with Gasteiger partial charge in [-0.15, -0.1) is 0 Å². The van der Waals surface area contributed by atoms with Crippen molar-refractivity contribution in [3.8, 4) is 0 Å². The van der Waals surface area contributed by atoms with Gasteiger partial charge in [0.15, 0.2) is 0 Å². The number of nitrogens with one attached hydrogen (secondary N) is 1. The SMILES string of the molecule is CC(C)N(C)CC1CN(C(=O)CCc2ccc[nH]2)Cc2nccn2C1. The standard InChI is InChI=1S/C19H29N5O/c1-15(2)22(3)11-16-12-23-10-9-21-18(23)14-24(13-16)19(25)7-6-17-5-4-8-20-17/h4-5,8-10,15-16,20H,6-7,11-14H2,1-3H3. The first-order valence-corrected chi connectivity index (χ1v) is 9.13. The van der Waals surface area contributed by atoms with Gasteiger partial charge in [-0.05, 0) is 39.4 Å². The fourth-order valence-corrected chi connectivity index (χ4v) is 3.39. The van der Waals surface area contributed by atoms with Crippen molar-refractivity contribution in [2.75, 3.05) is 20.1 Å². The molecule has 2 aromatic heterocycles. The largest absolute Gasteiger partial charge is 0.365 e. The Balaban J connectivity index is 1.68. The summed E-state index contributed by atoms with van der Waals surface area (Å²) in [6, 6.07) is 4.51. The monoisotopic (exact) mass is 343 g/mol. The van der Waals surface area contributed by atoms with Crippen LogP contribution in [-0.2, 0) is 24.3 Å². The Hall–Kier alpha value is -2.08. The fraction of sp³-hybridized carbons (Fsp3) is 0.579. The van der Waals surface area contributed by atoms with Gasteiger partial charge in [0.1, 0.15) is 5.82 Å². The number of amides is 1. The number of H-pyrrole nitrogens is 1. The normalized spacial score (nSPS) is 17.8. The molecule has 1 amide bonds. The zero-order valence-electron chi connectivity index (χ0n) is 15.5. The summed E-state index contributed by atoms with van der Waals surface area (Å²) in [6.07, 6.45) is 7.07. The van der Waals surface area contributed by atoms with Crippen LogP contribution in [0.2, 0.25) is 0 Å². The molecule has 1 unspecified atom stereocenters. The number of imidazole rings is 1. The van der Waals surface area contributed by atoms with E-state index in [1.807, 2.05) is 35.6 Å². The fourth-order valence-electron chi connectivity index (χ4n) is 3.39. The van der Waals surface area contributed by atoms with Crippen LogP contribution in [0.4, 0.5) is 0 Å². The molecule has 1 atom stereocenters. The second-order valence-electron chi connectivity index (χ2n) is 7.36. The summed E-state index contributed by atoms with van der Waals surface area (Å²) < 4.78 is 2.21. The molecule has 1 aliphatic heterocycles. The minimum Gasteiger partial charge on any atom is -0.365 e. The third-order valence-electron chi connectivity index (χ3n) is 5.12. The van der Waals surface area contributed by atoms with Gasteiger partial charge in [-0.1, -0.05) is 0 Å². The maximum Gasteiger partial charge on any atom is 0.223 e. The molecule has 136 valence electrons. The van der Waals surface area contributed by atoms with E-state index in [-0.39, 0.29) is 5.91 Å². The number of fused-ring (bicyclic) bond motifs is 1. The highest BCUT2D eigenvalue weighted by Crippen LogP contribution is 2.18. The van der Waals surface area contributed by atoms with Gasteiger partial charge < -0.3 is 19.4 Å². The molecular weight excluding hydrogens is 314 g/mol. The van der Waals surface area contributed by atoms with Crippen LogP contribution in [-0.4, -0.2) is 56.4 Å². The van der Waals surface area contributed by atoms with E-state index in [1.54, 1.807) is 0 Å². The average molecular weight is 343 g/mol. The summed E-state index contributed by atoms with van der Waals surface area (Å²) in [5.74, 6) is 1.61. The van der Waals surface area contributed by atoms with E-state index in [0.717, 1.165) is 37.6 Å². The van der Waals surface area contributed by atoms with Crippen molar-refractivity contribution in [1.82, 2.24) is 24.3 Å². The van der Waals surface area contributed by atoms with Crippen molar-refractivity contribution in [3.63, 3.8) is 0 Å². The summed E-state index contributed by atoms with van der Waals surface area (Å²) in [6.45, 7) is 7.72. The van der Waals surface area contributed by atoms with E-state index in [0.29, 0.717) is 24.9 Å². The van der Waals surface area contributed by atoms with Crippen LogP contribution in [0.15, 0.2) is 30.7 Å². The first-order chi connectivity index (χ1) is 12.0. The molecule has 0 radical (unpaired) electrons. The van der Waals surface area contributed by atoms with Crippen LogP contribution in [0.25, 0.3) is 0 Å². The molecule has 0 spiro atoms. The second kappa shape index (κ2) is 7.87. The minimum atomic E-state index is 0.211. The average Bonchev–Trinajstić information content (AvgIpc) is 3.21. The Morgan fingerprint density at radius 3 is 3.00 bits per heavy atom. The molecule has 1 N–H and O–H groups in total. The number of aromatic nitrogens is 3. The molecule has 6 heteroatoms. The minimum absolute atomic E-state index is 0.211. The van der Waals surface area contributed by atoms with Crippen LogP contribution in [0.3, 0.4) is 0 Å². The summed E-state index contributed by atoms with van der Waals surface area (Å²) in [7, 11) is 2.15. The van der Waals surface area contributed by atoms with Crippen molar-refractivity contribution in [1.29, 1.82) is 0 Å². The van der Waals surface area contributed by atoms with Gasteiger partial charge >= 0.3 is 0 Å². The van der Waals surface area contributed by atoms with Gasteiger partial charge in [0, 0.05) is 62.3 Å². The van der Waals surface area contributed by atoms with Gasteiger partial charge in [-0.3, -0.25) is 4.79 Å². The first kappa shape index (κ1) is 17.7. The Labute approximate surface area is 149 Å². The number of carbonyl (C=O) groups is 1. The van der Waals surface area contributed by atoms with Crippen LogP contribution in [0.5, 0.6) is 0 Å². The Morgan fingerprint density at radius 1 is 1.44 bits per heavy atom. The van der Waals surface area contributed by atoms with Gasteiger partial charge in [0.05, 0.1) is 6.54 Å². The highest BCUT2D eigenvalue weighted by Gasteiger charge is 2.26. The lowest BCUT2D eigenvalue weighted by molar-refractivity contribution is -0.132. The molecule has 0 saturated heterocycles. The predicted molar refractivity (Wildman–Crippen MR) is 98.0 cm³/mol. The van der Waals surface area contributed by atoms with E-state index in [9.17, 15) is 4.79 Å². The third kappa shape index (κ3) is 4.51. The summed E-state index contributed by atoms with van der Waals surface area (Å²) in [4.78, 5) is 24.8. The highest BCUT2D eigenvalue weighted by atomic mass is 16.2. The zero-order valence-corrected chi connectivity index (χ0v) is 15.5. The number of rotatable bonds is 6. The molecule has 0 aromatic carbocycles. The van der Waals surface area contributed by atoms with Gasteiger partial charge in [-0.2, -0.15) is 0 Å². The lowest BCUT2D eigenvalue weighted by Gasteiger charge is -2.29. The molecule has 3 rings (SSSR count). The van der Waals surface area contributed by atoms with E-state index >= 15 is 0 Å². The van der Waals surface area contributed by atoms with Crippen LogP contribution in [0, 0.1) is 5.92 Å². The van der Waals surface area contributed by atoms with Crippen molar-refractivity contribution >= 4 is 5.91 Å². The molecule has 0 saturated carbocycles. The summed E-state index contributed by atoms with van der Waals surface area (Å²) in [5.41, 5.74) is 1.11. The molecule has 2 aromatic rings. The van der Waals surface area contributed by atoms with E-state index in [2.05, 4.69) is 40.3 Å². The molecule has 25 heavy (non-hydrogen) atoms. The zero-order chi connectivity index (χ0) is 17.8. The Kier molecular flexibility index (Phi) is 5.58. The third-order valence-corrected chi connectivity index (χ3v) is 5.12. The van der Waals surface area contributed by atoms with E-state index in [4.69, 9.17) is 0 Å². The summed E-state index contributed by atoms with van der Waals surface area (Å²) >= 11 is 0. The van der Waals surface area contributed by atoms with Gasteiger partial charge in [0.25, 0.3) is 0 Å². The maximum absolute atomic E-state index is 12.8. The molecule has 0 aliphatic carbocycles. The second-order valence-corrected chi connectivity index (χ2v) is 7.36. The Morgan fingerprint density at radius 2 is 2.28 bits per heavy atom. The lowest BCUT2D eigenvalue weighted by atomic mass is 10.1. The van der Waals surface area contributed by atoms with Crippen molar-refractivity contribution in [2.24, 2.45) is 5.92 Å². The highest BCUT2D eigenvalue weighted by molar-refractivity contribution is 5.76. The van der Waals surface area contributed by atoms with Crippen molar-refractivity contribution in [2.45, 2.75) is 45.8 Å². The maximum atomic E-state index is 12.8. The molecular formula is C19H29N5O. The van der Waals surface area contributed by atoms with Crippen LogP contribution >= 0.6 is 0 Å². The number of aromatic amines is 1. The number of hydrogen-bond acceptors (Lipinski definition) is 3. The molecule has 3 heterocycles. The number of nitrogens with zero attached hydrogens (tertiary/aromatic N) is 4. The van der Waals surface area contributed by atoms with Crippen molar-refractivity contribution < 1.29 is 4.79 Å². The number of aryl methyl sites for hydroxylation is 1.